The standard InChI is InChI=1S/C23H29NO6S2/c1-16-5-4-6-21(17(16)2)24(14-18-7-12-22-23(13-18)30-15-29-22)32(27,28)20-10-8-19(9-11-20)31(3,25)26/h7-13,16-17,21H,4-6,14-15H2,1-3H3/t16-,17-,21+/m1/s1. The van der Waals surface area contributed by atoms with Crippen LogP contribution in [0.2, 0.25) is 0 Å². The predicted molar refractivity (Wildman–Crippen MR) is 121 cm³/mol. The van der Waals surface area contributed by atoms with Gasteiger partial charge in [0.2, 0.25) is 16.8 Å². The van der Waals surface area contributed by atoms with Gasteiger partial charge in [-0.1, -0.05) is 32.8 Å². The molecule has 1 heterocycles. The Hall–Kier alpha value is -2.10. The fourth-order valence-electron chi connectivity index (χ4n) is 4.55. The van der Waals surface area contributed by atoms with Crippen LogP contribution < -0.4 is 9.47 Å². The normalized spacial score (nSPS) is 23.4. The number of benzene rings is 2. The van der Waals surface area contributed by atoms with E-state index >= 15 is 0 Å². The van der Waals surface area contributed by atoms with E-state index in [0.29, 0.717) is 17.4 Å². The van der Waals surface area contributed by atoms with Gasteiger partial charge in [0, 0.05) is 18.8 Å². The molecule has 0 amide bonds. The molecule has 174 valence electrons. The number of sulfonamides is 1. The Morgan fingerprint density at radius 2 is 1.56 bits per heavy atom. The number of hydrogen-bond donors (Lipinski definition) is 0. The summed E-state index contributed by atoms with van der Waals surface area (Å²) in [5, 5.41) is 0. The van der Waals surface area contributed by atoms with E-state index < -0.39 is 19.9 Å². The molecule has 1 aliphatic carbocycles. The highest BCUT2D eigenvalue weighted by Gasteiger charge is 2.38. The van der Waals surface area contributed by atoms with Crippen molar-refractivity contribution in [2.45, 2.75) is 55.5 Å². The molecular formula is C23H29NO6S2. The summed E-state index contributed by atoms with van der Waals surface area (Å²) in [6.07, 6.45) is 3.94. The minimum atomic E-state index is -3.87. The van der Waals surface area contributed by atoms with Crippen molar-refractivity contribution in [3.05, 3.63) is 48.0 Å². The van der Waals surface area contributed by atoms with Crippen LogP contribution in [0.3, 0.4) is 0 Å². The first-order chi connectivity index (χ1) is 15.1. The Morgan fingerprint density at radius 3 is 2.25 bits per heavy atom. The fourth-order valence-corrected chi connectivity index (χ4v) is 6.91. The summed E-state index contributed by atoms with van der Waals surface area (Å²) in [7, 11) is -7.28. The molecule has 0 saturated heterocycles. The van der Waals surface area contributed by atoms with E-state index in [9.17, 15) is 16.8 Å². The summed E-state index contributed by atoms with van der Waals surface area (Å²) < 4.78 is 63.7. The number of nitrogens with zero attached hydrogens (tertiary/aromatic N) is 1. The summed E-state index contributed by atoms with van der Waals surface area (Å²) >= 11 is 0. The number of rotatable bonds is 6. The van der Waals surface area contributed by atoms with Gasteiger partial charge in [-0.3, -0.25) is 0 Å². The Bertz CT molecular complexity index is 1190. The smallest absolute Gasteiger partial charge is 0.243 e. The van der Waals surface area contributed by atoms with Crippen LogP contribution in [-0.2, 0) is 26.4 Å². The molecule has 1 fully saturated rings. The van der Waals surface area contributed by atoms with Gasteiger partial charge < -0.3 is 9.47 Å². The second-order valence-corrected chi connectivity index (χ2v) is 12.7. The maximum Gasteiger partial charge on any atom is 0.243 e. The molecule has 4 rings (SSSR count). The van der Waals surface area contributed by atoms with Crippen molar-refractivity contribution < 1.29 is 26.3 Å². The number of fused-ring (bicyclic) bond motifs is 1. The zero-order valence-corrected chi connectivity index (χ0v) is 20.2. The van der Waals surface area contributed by atoms with E-state index in [0.717, 1.165) is 31.1 Å². The van der Waals surface area contributed by atoms with Crippen molar-refractivity contribution in [1.29, 1.82) is 0 Å². The van der Waals surface area contributed by atoms with Crippen LogP contribution in [0, 0.1) is 11.8 Å². The lowest BCUT2D eigenvalue weighted by molar-refractivity contribution is 0.138. The van der Waals surface area contributed by atoms with Crippen molar-refractivity contribution in [2.75, 3.05) is 13.0 Å². The quantitative estimate of drug-likeness (QED) is 0.625. The molecule has 0 unspecified atom stereocenters. The monoisotopic (exact) mass is 479 g/mol. The second-order valence-electron chi connectivity index (χ2n) is 8.82. The molecule has 3 atom stereocenters. The van der Waals surface area contributed by atoms with Gasteiger partial charge in [0.15, 0.2) is 21.3 Å². The zero-order valence-electron chi connectivity index (χ0n) is 18.5. The van der Waals surface area contributed by atoms with Gasteiger partial charge in [-0.15, -0.1) is 0 Å². The molecule has 0 N–H and O–H groups in total. The molecule has 0 bridgehead atoms. The predicted octanol–water partition coefficient (Wildman–Crippen LogP) is 3.83. The van der Waals surface area contributed by atoms with E-state index in [-0.39, 0.29) is 35.1 Å². The molecular weight excluding hydrogens is 450 g/mol. The molecule has 0 radical (unpaired) electrons. The van der Waals surface area contributed by atoms with Crippen molar-refractivity contribution in [2.24, 2.45) is 11.8 Å². The summed E-state index contributed by atoms with van der Waals surface area (Å²) in [4.78, 5) is 0.189. The molecule has 1 saturated carbocycles. The van der Waals surface area contributed by atoms with Gasteiger partial charge >= 0.3 is 0 Å². The lowest BCUT2D eigenvalue weighted by atomic mass is 9.78. The molecule has 2 aromatic carbocycles. The molecule has 2 aromatic rings. The van der Waals surface area contributed by atoms with Crippen LogP contribution in [-0.4, -0.2) is 40.2 Å². The average molecular weight is 480 g/mol. The third-order valence-corrected chi connectivity index (χ3v) is 9.68. The highest BCUT2D eigenvalue weighted by Crippen LogP contribution is 2.38. The third kappa shape index (κ3) is 4.51. The van der Waals surface area contributed by atoms with Crippen LogP contribution in [0.4, 0.5) is 0 Å². The average Bonchev–Trinajstić information content (AvgIpc) is 3.21. The Morgan fingerprint density at radius 1 is 0.906 bits per heavy atom. The van der Waals surface area contributed by atoms with Crippen molar-refractivity contribution in [3.8, 4) is 11.5 Å². The topological polar surface area (TPSA) is 90.0 Å². The van der Waals surface area contributed by atoms with Gasteiger partial charge in [-0.25, -0.2) is 16.8 Å². The van der Waals surface area contributed by atoms with Crippen LogP contribution in [0.25, 0.3) is 0 Å². The lowest BCUT2D eigenvalue weighted by Gasteiger charge is -2.41. The van der Waals surface area contributed by atoms with Crippen LogP contribution in [0.5, 0.6) is 11.5 Å². The van der Waals surface area contributed by atoms with Crippen LogP contribution in [0.1, 0.15) is 38.7 Å². The van der Waals surface area contributed by atoms with Crippen molar-refractivity contribution in [3.63, 3.8) is 0 Å². The largest absolute Gasteiger partial charge is 0.454 e. The summed E-state index contributed by atoms with van der Waals surface area (Å²) in [5.41, 5.74) is 0.816. The minimum Gasteiger partial charge on any atom is -0.454 e. The first-order valence-corrected chi connectivity index (χ1v) is 14.1. The second kappa shape index (κ2) is 8.68. The Kier molecular flexibility index (Phi) is 6.26. The van der Waals surface area contributed by atoms with E-state index in [4.69, 9.17) is 9.47 Å². The van der Waals surface area contributed by atoms with Gasteiger partial charge in [0.05, 0.1) is 9.79 Å². The number of ether oxygens (including phenoxy) is 2. The summed E-state index contributed by atoms with van der Waals surface area (Å²) in [5.74, 6) is 1.88. The van der Waals surface area contributed by atoms with Crippen LogP contribution in [0.15, 0.2) is 52.3 Å². The van der Waals surface area contributed by atoms with Gasteiger partial charge in [0.25, 0.3) is 0 Å². The SMILES string of the molecule is C[C@@H]1[C@H](C)CCC[C@@H]1N(Cc1ccc2c(c1)OCO2)S(=O)(=O)c1ccc(S(C)(=O)=O)cc1. The summed E-state index contributed by atoms with van der Waals surface area (Å²) in [6.45, 7) is 4.64. The van der Waals surface area contributed by atoms with E-state index in [1.165, 1.54) is 24.3 Å². The molecule has 1 aliphatic heterocycles. The number of sulfone groups is 1. The van der Waals surface area contributed by atoms with Gasteiger partial charge in [-0.05, 0) is 60.2 Å². The van der Waals surface area contributed by atoms with Gasteiger partial charge in [0.1, 0.15) is 0 Å². The molecule has 0 spiro atoms. The Balaban J connectivity index is 1.72. The summed E-state index contributed by atoms with van der Waals surface area (Å²) in [6, 6.07) is 10.8. The van der Waals surface area contributed by atoms with E-state index in [1.54, 1.807) is 10.4 Å². The first-order valence-electron chi connectivity index (χ1n) is 10.8. The molecule has 32 heavy (non-hydrogen) atoms. The molecule has 7 nitrogen and oxygen atoms in total. The van der Waals surface area contributed by atoms with E-state index in [1.807, 2.05) is 12.1 Å². The maximum atomic E-state index is 13.8. The minimum absolute atomic E-state index is 0.0936. The molecule has 9 heteroatoms. The van der Waals surface area contributed by atoms with E-state index in [2.05, 4.69) is 13.8 Å². The maximum absolute atomic E-state index is 13.8. The molecule has 2 aliphatic rings. The van der Waals surface area contributed by atoms with Crippen LogP contribution >= 0.6 is 0 Å². The van der Waals surface area contributed by atoms with Gasteiger partial charge in [-0.2, -0.15) is 4.31 Å². The third-order valence-electron chi connectivity index (χ3n) is 6.67. The molecule has 0 aromatic heterocycles. The Labute approximate surface area is 190 Å². The van der Waals surface area contributed by atoms with Crippen molar-refractivity contribution in [1.82, 2.24) is 4.31 Å². The van der Waals surface area contributed by atoms with Crippen molar-refractivity contribution >= 4 is 19.9 Å². The number of hydrogen-bond acceptors (Lipinski definition) is 6. The highest BCUT2D eigenvalue weighted by atomic mass is 32.2. The zero-order chi connectivity index (χ0) is 23.1. The highest BCUT2D eigenvalue weighted by molar-refractivity contribution is 7.90. The fraction of sp³-hybridized carbons (Fsp3) is 0.478. The first kappa shape index (κ1) is 23.1. The lowest BCUT2D eigenvalue weighted by Crippen LogP contribution is -2.46.